The first-order valence-electron chi connectivity index (χ1n) is 11.3. The third kappa shape index (κ3) is 6.32. The largest absolute Gasteiger partial charge is 0.375 e. The van der Waals surface area contributed by atoms with Crippen LogP contribution in [0.25, 0.3) is 0 Å². The third-order valence-corrected chi connectivity index (χ3v) is 6.42. The molecule has 2 nitrogen and oxygen atoms in total. The molecule has 2 saturated carbocycles. The monoisotopic (exact) mass is 410 g/mol. The minimum Gasteiger partial charge on any atom is -0.375 e. The zero-order valence-corrected chi connectivity index (χ0v) is 17.4. The van der Waals surface area contributed by atoms with Gasteiger partial charge in [0, 0.05) is 13.2 Å². The summed E-state index contributed by atoms with van der Waals surface area (Å²) in [6.45, 7) is 4.96. The smallest absolute Gasteiger partial charge is 0.157 e. The molecule has 6 heteroatoms. The molecule has 0 amide bonds. The van der Waals surface area contributed by atoms with Crippen molar-refractivity contribution in [2.75, 3.05) is 13.2 Å². The molecular formula is C22H38F4O2. The van der Waals surface area contributed by atoms with E-state index in [4.69, 9.17) is 9.47 Å². The van der Waals surface area contributed by atoms with Crippen LogP contribution >= 0.6 is 0 Å². The molecule has 0 aromatic rings. The molecule has 0 aromatic heterocycles. The summed E-state index contributed by atoms with van der Waals surface area (Å²) in [5, 5.41) is 0. The van der Waals surface area contributed by atoms with Gasteiger partial charge in [-0.25, -0.2) is 17.6 Å². The van der Waals surface area contributed by atoms with Gasteiger partial charge in [-0.1, -0.05) is 39.5 Å². The van der Waals surface area contributed by atoms with Crippen LogP contribution in [0.4, 0.5) is 17.6 Å². The van der Waals surface area contributed by atoms with Gasteiger partial charge in [-0.15, -0.1) is 0 Å². The first kappa shape index (κ1) is 23.9. The van der Waals surface area contributed by atoms with E-state index in [9.17, 15) is 17.6 Å². The van der Waals surface area contributed by atoms with Crippen LogP contribution in [0.1, 0.15) is 78.1 Å². The van der Waals surface area contributed by atoms with Crippen LogP contribution < -0.4 is 0 Å². The van der Waals surface area contributed by atoms with Gasteiger partial charge < -0.3 is 9.47 Å². The molecule has 8 atom stereocenters. The fourth-order valence-corrected chi connectivity index (χ4v) is 4.63. The Labute approximate surface area is 167 Å². The summed E-state index contributed by atoms with van der Waals surface area (Å²) in [5.74, 6) is -1.56. The number of rotatable bonds is 11. The first-order valence-corrected chi connectivity index (χ1v) is 11.3. The lowest BCUT2D eigenvalue weighted by Crippen LogP contribution is -2.51. The van der Waals surface area contributed by atoms with Crippen molar-refractivity contribution in [3.8, 4) is 0 Å². The molecule has 2 aliphatic rings. The van der Waals surface area contributed by atoms with E-state index in [1.54, 1.807) is 0 Å². The van der Waals surface area contributed by atoms with E-state index in [0.717, 1.165) is 38.5 Å². The predicted molar refractivity (Wildman–Crippen MR) is 104 cm³/mol. The minimum absolute atomic E-state index is 0.346. The van der Waals surface area contributed by atoms with E-state index in [2.05, 4.69) is 6.92 Å². The Balaban J connectivity index is 1.82. The van der Waals surface area contributed by atoms with Crippen LogP contribution in [0.3, 0.4) is 0 Å². The summed E-state index contributed by atoms with van der Waals surface area (Å²) in [6.07, 6.45) is -1.37. The molecule has 0 bridgehead atoms. The van der Waals surface area contributed by atoms with Gasteiger partial charge in [0.2, 0.25) is 0 Å². The Hall–Kier alpha value is -0.360. The van der Waals surface area contributed by atoms with Crippen molar-refractivity contribution in [1.29, 1.82) is 0 Å². The van der Waals surface area contributed by atoms with E-state index >= 15 is 0 Å². The molecule has 0 radical (unpaired) electrons. The maximum Gasteiger partial charge on any atom is 0.157 e. The van der Waals surface area contributed by atoms with E-state index in [1.165, 1.54) is 0 Å². The van der Waals surface area contributed by atoms with Gasteiger partial charge >= 0.3 is 0 Å². The van der Waals surface area contributed by atoms with E-state index < -0.39 is 48.7 Å². The fourth-order valence-electron chi connectivity index (χ4n) is 4.63. The van der Waals surface area contributed by atoms with Gasteiger partial charge in [0.15, 0.2) is 12.3 Å². The molecular weight excluding hydrogens is 372 g/mol. The Bertz CT molecular complexity index is 425. The van der Waals surface area contributed by atoms with E-state index in [-0.39, 0.29) is 0 Å². The van der Waals surface area contributed by atoms with Gasteiger partial charge in [0.25, 0.3) is 0 Å². The van der Waals surface area contributed by atoms with Gasteiger partial charge in [0.1, 0.15) is 12.3 Å². The van der Waals surface area contributed by atoms with Crippen LogP contribution in [-0.4, -0.2) is 50.1 Å². The van der Waals surface area contributed by atoms with E-state index in [1.807, 2.05) is 6.92 Å². The van der Waals surface area contributed by atoms with Gasteiger partial charge in [-0.3, -0.25) is 0 Å². The molecule has 2 fully saturated rings. The van der Waals surface area contributed by atoms with Crippen LogP contribution in [0.5, 0.6) is 0 Å². The predicted octanol–water partition coefficient (Wildman–Crippen LogP) is 6.31. The zero-order chi connectivity index (χ0) is 20.5. The summed E-state index contributed by atoms with van der Waals surface area (Å²) in [7, 11) is 0. The van der Waals surface area contributed by atoms with Gasteiger partial charge in [-0.2, -0.15) is 0 Å². The highest BCUT2D eigenvalue weighted by molar-refractivity contribution is 4.98. The van der Waals surface area contributed by atoms with Crippen molar-refractivity contribution in [3.63, 3.8) is 0 Å². The maximum atomic E-state index is 14.8. The van der Waals surface area contributed by atoms with E-state index in [0.29, 0.717) is 38.9 Å². The molecule has 0 saturated heterocycles. The van der Waals surface area contributed by atoms with Crippen molar-refractivity contribution in [3.05, 3.63) is 0 Å². The molecule has 2 rings (SSSR count). The first-order chi connectivity index (χ1) is 13.5. The Kier molecular flexibility index (Phi) is 10.6. The van der Waals surface area contributed by atoms with Crippen molar-refractivity contribution >= 4 is 0 Å². The van der Waals surface area contributed by atoms with Crippen LogP contribution in [0.2, 0.25) is 0 Å². The van der Waals surface area contributed by atoms with Crippen molar-refractivity contribution in [2.45, 2.75) is 115 Å². The summed E-state index contributed by atoms with van der Waals surface area (Å²) in [5.41, 5.74) is 0. The Morgan fingerprint density at radius 2 is 1.04 bits per heavy atom. The topological polar surface area (TPSA) is 18.5 Å². The molecule has 166 valence electrons. The van der Waals surface area contributed by atoms with Crippen molar-refractivity contribution in [1.82, 2.24) is 0 Å². The zero-order valence-electron chi connectivity index (χ0n) is 17.4. The standard InChI is InChI=1S/C22H38F4O2/c1-3-5-7-8-14-28-18-12-10-16(20(24)22(18)26)15-9-11-17(21(25)19(15)23)27-13-6-4-2/h15-22H,3-14H2,1-2H3. The molecule has 0 aliphatic heterocycles. The van der Waals surface area contributed by atoms with Crippen LogP contribution in [0, 0.1) is 11.8 Å². The number of hydrogen-bond acceptors (Lipinski definition) is 2. The summed E-state index contributed by atoms with van der Waals surface area (Å²) in [4.78, 5) is 0. The number of unbranched alkanes of at least 4 members (excludes halogenated alkanes) is 4. The summed E-state index contributed by atoms with van der Waals surface area (Å²) >= 11 is 0. The highest BCUT2D eigenvalue weighted by atomic mass is 19.2. The summed E-state index contributed by atoms with van der Waals surface area (Å²) < 4.78 is 69.6. The molecule has 8 unspecified atom stereocenters. The summed E-state index contributed by atoms with van der Waals surface area (Å²) in [6, 6.07) is 0. The quantitative estimate of drug-likeness (QED) is 0.294. The maximum absolute atomic E-state index is 14.8. The highest BCUT2D eigenvalue weighted by Gasteiger charge is 2.50. The number of hydrogen-bond donors (Lipinski definition) is 0. The average molecular weight is 411 g/mol. The normalized spacial score (nSPS) is 39.2. The van der Waals surface area contributed by atoms with Crippen molar-refractivity contribution in [2.24, 2.45) is 11.8 Å². The Morgan fingerprint density at radius 3 is 1.50 bits per heavy atom. The fraction of sp³-hybridized carbons (Fsp3) is 1.00. The molecule has 0 heterocycles. The molecule has 0 N–H and O–H groups in total. The molecule has 0 spiro atoms. The number of ether oxygens (including phenoxy) is 2. The second kappa shape index (κ2) is 12.4. The number of alkyl halides is 4. The minimum atomic E-state index is -1.79. The van der Waals surface area contributed by atoms with Crippen LogP contribution in [0.15, 0.2) is 0 Å². The lowest BCUT2D eigenvalue weighted by Gasteiger charge is -2.43. The van der Waals surface area contributed by atoms with Crippen molar-refractivity contribution < 1.29 is 27.0 Å². The SMILES string of the molecule is CCCCCCOC1CCC(C2CCC(OCCCC)C(F)C2F)C(F)C1F. The Morgan fingerprint density at radius 1 is 0.571 bits per heavy atom. The lowest BCUT2D eigenvalue weighted by atomic mass is 9.69. The number of halogens is 4. The van der Waals surface area contributed by atoms with Gasteiger partial charge in [0.05, 0.1) is 12.2 Å². The molecule has 0 aromatic carbocycles. The second-order valence-corrected chi connectivity index (χ2v) is 8.49. The lowest BCUT2D eigenvalue weighted by molar-refractivity contribution is -0.122. The average Bonchev–Trinajstić information content (AvgIpc) is 2.69. The molecule has 28 heavy (non-hydrogen) atoms. The van der Waals surface area contributed by atoms with Crippen LogP contribution in [-0.2, 0) is 9.47 Å². The third-order valence-electron chi connectivity index (χ3n) is 6.42. The second-order valence-electron chi connectivity index (χ2n) is 8.49. The van der Waals surface area contributed by atoms with Gasteiger partial charge in [-0.05, 0) is 50.4 Å². The highest BCUT2D eigenvalue weighted by Crippen LogP contribution is 2.44. The molecule has 2 aliphatic carbocycles.